The summed E-state index contributed by atoms with van der Waals surface area (Å²) in [6.45, 7) is 4.51. The Bertz CT molecular complexity index is 763. The van der Waals surface area contributed by atoms with E-state index in [1.165, 1.54) is 11.3 Å². The van der Waals surface area contributed by atoms with E-state index in [0.29, 0.717) is 5.92 Å². The molecule has 24 heavy (non-hydrogen) atoms. The van der Waals surface area contributed by atoms with E-state index in [1.54, 1.807) is 0 Å². The molecule has 119 valence electrons. The number of benzene rings is 3. The third-order valence-corrected chi connectivity index (χ3v) is 4.81. The topological polar surface area (TPSA) is 3.24 Å². The minimum Gasteiger partial charge on any atom is -0.311 e. The summed E-state index contributed by atoms with van der Waals surface area (Å²) in [7, 11) is 3.57. The molecule has 3 radical (unpaired) electrons. The van der Waals surface area contributed by atoms with Crippen LogP contribution in [0.25, 0.3) is 0 Å². The Morgan fingerprint density at radius 1 is 0.750 bits per heavy atom. The van der Waals surface area contributed by atoms with E-state index in [1.807, 2.05) is 0 Å². The van der Waals surface area contributed by atoms with Gasteiger partial charge in [-0.15, -0.1) is 0 Å². The molecular weight excluding hydrogens is 306 g/mol. The van der Waals surface area contributed by atoms with Crippen LogP contribution < -0.4 is 10.1 Å². The van der Waals surface area contributed by atoms with Gasteiger partial charge in [-0.1, -0.05) is 61.5 Å². The molecule has 1 nitrogen and oxygen atoms in total. The number of rotatable bonds is 5. The Kier molecular flexibility index (Phi) is 5.16. The first kappa shape index (κ1) is 16.5. The normalized spacial score (nSPS) is 12.0. The van der Waals surface area contributed by atoms with Gasteiger partial charge in [-0.25, -0.2) is 0 Å². The van der Waals surface area contributed by atoms with E-state index in [9.17, 15) is 0 Å². The SMILES string of the molecule is CCC(C)c1ccc(N(c2ccccc2)c2ccc([Si])cc2)cc1. The lowest BCUT2D eigenvalue weighted by molar-refractivity contribution is 0.733. The predicted molar refractivity (Wildman–Crippen MR) is 105 cm³/mol. The molecule has 3 aromatic carbocycles. The van der Waals surface area contributed by atoms with E-state index in [0.717, 1.165) is 23.0 Å². The molecule has 2 heteroatoms. The van der Waals surface area contributed by atoms with Crippen LogP contribution in [-0.2, 0) is 0 Å². The van der Waals surface area contributed by atoms with Crippen LogP contribution in [0.1, 0.15) is 31.7 Å². The zero-order valence-electron chi connectivity index (χ0n) is 14.2. The van der Waals surface area contributed by atoms with Crippen LogP contribution in [0.5, 0.6) is 0 Å². The smallest absolute Gasteiger partial charge is 0.0711 e. The Morgan fingerprint density at radius 3 is 1.79 bits per heavy atom. The number of para-hydroxylation sites is 1. The molecule has 0 aliphatic carbocycles. The van der Waals surface area contributed by atoms with E-state index in [4.69, 9.17) is 0 Å². The van der Waals surface area contributed by atoms with Crippen molar-refractivity contribution in [1.29, 1.82) is 0 Å². The summed E-state index contributed by atoms with van der Waals surface area (Å²) in [5.41, 5.74) is 4.88. The molecule has 0 aliphatic rings. The average molecular weight is 329 g/mol. The van der Waals surface area contributed by atoms with Crippen LogP contribution in [-0.4, -0.2) is 10.2 Å². The first-order valence-electron chi connectivity index (χ1n) is 8.46. The second-order valence-electron chi connectivity index (χ2n) is 6.12. The highest BCUT2D eigenvalue weighted by Gasteiger charge is 2.12. The third-order valence-electron chi connectivity index (χ3n) is 4.47. The van der Waals surface area contributed by atoms with Crippen molar-refractivity contribution < 1.29 is 0 Å². The molecule has 0 aromatic heterocycles. The second-order valence-corrected chi connectivity index (χ2v) is 6.70. The molecule has 0 fully saturated rings. The van der Waals surface area contributed by atoms with Gasteiger partial charge in [0.2, 0.25) is 0 Å². The molecule has 0 bridgehead atoms. The van der Waals surface area contributed by atoms with E-state index >= 15 is 0 Å². The second kappa shape index (κ2) is 7.50. The highest BCUT2D eigenvalue weighted by Crippen LogP contribution is 2.34. The maximum atomic E-state index is 3.57. The van der Waals surface area contributed by atoms with Crippen molar-refractivity contribution in [1.82, 2.24) is 0 Å². The van der Waals surface area contributed by atoms with Crippen LogP contribution in [0, 0.1) is 0 Å². The van der Waals surface area contributed by atoms with Crippen LogP contribution >= 0.6 is 0 Å². The number of hydrogen-bond acceptors (Lipinski definition) is 1. The molecule has 1 unspecified atom stereocenters. The minimum atomic E-state index is 0.594. The quantitative estimate of drug-likeness (QED) is 0.562. The summed E-state index contributed by atoms with van der Waals surface area (Å²) in [5, 5.41) is 1.08. The molecule has 0 aliphatic heterocycles. The fourth-order valence-electron chi connectivity index (χ4n) is 2.82. The Morgan fingerprint density at radius 2 is 1.25 bits per heavy atom. The minimum absolute atomic E-state index is 0.594. The van der Waals surface area contributed by atoms with Gasteiger partial charge in [-0.2, -0.15) is 0 Å². The lowest BCUT2D eigenvalue weighted by Gasteiger charge is -2.26. The molecule has 0 N–H and O–H groups in total. The average Bonchev–Trinajstić information content (AvgIpc) is 2.64. The number of anilines is 3. The van der Waals surface area contributed by atoms with Gasteiger partial charge in [-0.05, 0) is 54.3 Å². The number of hydrogen-bond donors (Lipinski definition) is 0. The summed E-state index contributed by atoms with van der Waals surface area (Å²) in [6, 6.07) is 27.9. The fourth-order valence-corrected chi connectivity index (χ4v) is 2.99. The lowest BCUT2D eigenvalue weighted by Crippen LogP contribution is -2.11. The van der Waals surface area contributed by atoms with Crippen LogP contribution in [0.4, 0.5) is 17.1 Å². The highest BCUT2D eigenvalue weighted by atomic mass is 28.1. The van der Waals surface area contributed by atoms with Crippen molar-refractivity contribution in [2.24, 2.45) is 0 Å². The van der Waals surface area contributed by atoms with Crippen molar-refractivity contribution >= 4 is 32.5 Å². The molecular formula is C22H22NSi. The van der Waals surface area contributed by atoms with E-state index in [2.05, 4.69) is 108 Å². The summed E-state index contributed by atoms with van der Waals surface area (Å²) >= 11 is 0. The fraction of sp³-hybridized carbons (Fsp3) is 0.182. The van der Waals surface area contributed by atoms with Crippen LogP contribution in [0.3, 0.4) is 0 Å². The number of nitrogens with zero attached hydrogens (tertiary/aromatic N) is 1. The highest BCUT2D eigenvalue weighted by molar-refractivity contribution is 6.32. The predicted octanol–water partition coefficient (Wildman–Crippen LogP) is 5.46. The van der Waals surface area contributed by atoms with Gasteiger partial charge in [0.15, 0.2) is 0 Å². The zero-order valence-corrected chi connectivity index (χ0v) is 15.2. The summed E-state index contributed by atoms with van der Waals surface area (Å²) in [5.74, 6) is 0.594. The van der Waals surface area contributed by atoms with Crippen molar-refractivity contribution in [3.8, 4) is 0 Å². The van der Waals surface area contributed by atoms with Gasteiger partial charge in [0.25, 0.3) is 0 Å². The Balaban J connectivity index is 2.03. The monoisotopic (exact) mass is 328 g/mol. The molecule has 1 atom stereocenters. The maximum absolute atomic E-state index is 3.57. The van der Waals surface area contributed by atoms with Crippen LogP contribution in [0.2, 0.25) is 0 Å². The van der Waals surface area contributed by atoms with E-state index in [-0.39, 0.29) is 0 Å². The molecule has 3 rings (SSSR count). The molecule has 0 heterocycles. The van der Waals surface area contributed by atoms with Gasteiger partial charge in [0, 0.05) is 17.1 Å². The molecule has 0 saturated carbocycles. The first-order chi connectivity index (χ1) is 11.7. The first-order valence-corrected chi connectivity index (χ1v) is 8.96. The molecule has 0 spiro atoms. The maximum Gasteiger partial charge on any atom is 0.0711 e. The largest absolute Gasteiger partial charge is 0.311 e. The Labute approximate surface area is 148 Å². The van der Waals surface area contributed by atoms with Crippen molar-refractivity contribution in [2.75, 3.05) is 4.90 Å². The van der Waals surface area contributed by atoms with Gasteiger partial charge >= 0.3 is 0 Å². The van der Waals surface area contributed by atoms with Crippen molar-refractivity contribution in [2.45, 2.75) is 26.2 Å². The zero-order chi connectivity index (χ0) is 16.9. The van der Waals surface area contributed by atoms with Gasteiger partial charge < -0.3 is 4.90 Å². The third kappa shape index (κ3) is 3.60. The standard InChI is InChI=1S/C22H22NSi/c1-3-17(2)18-9-11-20(12-10-18)23(19-7-5-4-6-8-19)21-13-15-22(24)16-14-21/h4-17H,3H2,1-2H3. The molecule has 3 aromatic rings. The van der Waals surface area contributed by atoms with Crippen molar-refractivity contribution in [3.05, 3.63) is 84.4 Å². The summed E-state index contributed by atoms with van der Waals surface area (Å²) in [4.78, 5) is 2.28. The summed E-state index contributed by atoms with van der Waals surface area (Å²) < 4.78 is 0. The van der Waals surface area contributed by atoms with Gasteiger partial charge in [0.1, 0.15) is 0 Å². The summed E-state index contributed by atoms with van der Waals surface area (Å²) in [6.07, 6.45) is 1.16. The lowest BCUT2D eigenvalue weighted by atomic mass is 9.98. The van der Waals surface area contributed by atoms with E-state index < -0.39 is 0 Å². The van der Waals surface area contributed by atoms with Crippen LogP contribution in [0.15, 0.2) is 78.9 Å². The Hall–Kier alpha value is -2.32. The molecule has 0 saturated heterocycles. The van der Waals surface area contributed by atoms with Gasteiger partial charge in [-0.3, -0.25) is 0 Å². The van der Waals surface area contributed by atoms with Gasteiger partial charge in [0.05, 0.1) is 10.2 Å². The van der Waals surface area contributed by atoms with Crippen molar-refractivity contribution in [3.63, 3.8) is 0 Å². The molecule has 0 amide bonds.